The lowest BCUT2D eigenvalue weighted by Gasteiger charge is -2.30. The standard InChI is InChI=1S/C41H45N7O6/c42-26-43-39(52)41-23-29(41)18-10-2-1-3-11-21-33(45-40(53)54-31-19-12-13-20-31)37(50)47-25-30(22-34(47)36(49)46-41)48-38(51)35(28-16-8-5-9-17-28)32(24-44-48)27-14-6-4-7-15-27/h4-10,14-18,24,29-31,33-34H,1-3,11-13,19-23,25H2,(H,43,52)(H,45,53)(H,46,49)/b18-10+/t29?,30-,33-,34+,41-/m1/s1. The number of nitrogens with one attached hydrogen (secondary N) is 3. The predicted molar refractivity (Wildman–Crippen MR) is 199 cm³/mol. The van der Waals surface area contributed by atoms with Gasteiger partial charge >= 0.3 is 6.09 Å². The molecule has 4 amide bonds. The second kappa shape index (κ2) is 16.1. The zero-order chi connectivity index (χ0) is 37.7. The number of hydrogen-bond donors (Lipinski definition) is 3. The Labute approximate surface area is 313 Å². The molecule has 2 aliphatic heterocycles. The molecule has 13 nitrogen and oxygen atoms in total. The molecule has 1 saturated heterocycles. The number of allylic oxidation sites excluding steroid dienone is 1. The van der Waals surface area contributed by atoms with Gasteiger partial charge in [0, 0.05) is 24.4 Å². The van der Waals surface area contributed by atoms with Crippen LogP contribution in [-0.2, 0) is 19.1 Å². The third-order valence-electron chi connectivity index (χ3n) is 11.2. The van der Waals surface area contributed by atoms with Gasteiger partial charge in [0.2, 0.25) is 11.8 Å². The highest BCUT2D eigenvalue weighted by Crippen LogP contribution is 2.45. The number of nitrogens with zero attached hydrogens (tertiary/aromatic N) is 4. The molecule has 1 unspecified atom stereocenters. The molecule has 2 aromatic carbocycles. The van der Waals surface area contributed by atoms with Crippen LogP contribution in [-0.4, -0.2) is 68.8 Å². The fourth-order valence-corrected chi connectivity index (χ4v) is 8.22. The zero-order valence-corrected chi connectivity index (χ0v) is 30.1. The Kier molecular flexibility index (Phi) is 10.9. The quantitative estimate of drug-likeness (QED) is 0.185. The molecule has 0 spiro atoms. The maximum Gasteiger partial charge on any atom is 0.408 e. The van der Waals surface area contributed by atoms with Crippen LogP contribution >= 0.6 is 0 Å². The molecule has 13 heteroatoms. The number of ether oxygens (including phenoxy) is 1. The maximum absolute atomic E-state index is 14.6. The molecule has 1 aromatic heterocycles. The summed E-state index contributed by atoms with van der Waals surface area (Å²) in [5, 5.41) is 21.8. The first-order chi connectivity index (χ1) is 26.3. The molecule has 3 aromatic rings. The van der Waals surface area contributed by atoms with E-state index in [0.717, 1.165) is 50.5 Å². The van der Waals surface area contributed by atoms with Gasteiger partial charge < -0.3 is 20.3 Å². The van der Waals surface area contributed by atoms with Crippen LogP contribution in [0.1, 0.15) is 76.7 Å². The summed E-state index contributed by atoms with van der Waals surface area (Å²) < 4.78 is 7.02. The Balaban J connectivity index is 1.25. The van der Waals surface area contributed by atoms with Crippen LogP contribution in [0.2, 0.25) is 0 Å². The van der Waals surface area contributed by atoms with Crippen LogP contribution < -0.4 is 21.5 Å². The molecular formula is C41H45N7O6. The molecule has 54 heavy (non-hydrogen) atoms. The summed E-state index contributed by atoms with van der Waals surface area (Å²) in [5.41, 5.74) is 0.859. The molecule has 280 valence electrons. The monoisotopic (exact) mass is 731 g/mol. The van der Waals surface area contributed by atoms with Gasteiger partial charge in [0.25, 0.3) is 11.5 Å². The van der Waals surface area contributed by atoms with E-state index in [4.69, 9.17) is 4.74 Å². The lowest BCUT2D eigenvalue weighted by Crippen LogP contribution is -2.57. The summed E-state index contributed by atoms with van der Waals surface area (Å²) in [6, 6.07) is 16.0. The van der Waals surface area contributed by atoms with E-state index in [1.165, 1.54) is 9.58 Å². The minimum absolute atomic E-state index is 0.0269. The smallest absolute Gasteiger partial charge is 0.408 e. The largest absolute Gasteiger partial charge is 0.446 e. The number of amides is 4. The highest BCUT2D eigenvalue weighted by atomic mass is 16.6. The van der Waals surface area contributed by atoms with Gasteiger partial charge in [-0.15, -0.1) is 0 Å². The van der Waals surface area contributed by atoms with E-state index in [9.17, 15) is 29.2 Å². The van der Waals surface area contributed by atoms with E-state index in [1.54, 1.807) is 12.4 Å². The average Bonchev–Trinajstić information content (AvgIpc) is 3.46. The number of fused-ring (bicyclic) bond motifs is 2. The summed E-state index contributed by atoms with van der Waals surface area (Å²) in [6.07, 6.45) is 13.5. The minimum Gasteiger partial charge on any atom is -0.446 e. The SMILES string of the molecule is N#CNC(=O)[C@@]12CC1/C=C/CCCCC[C@@H](NC(=O)OC1CCCC1)C(=O)N1C[C@H](n3ncc(-c4ccccc4)c(-c4ccccc4)c3=O)C[C@H]1C(=O)N2. The molecular weight excluding hydrogens is 686 g/mol. The summed E-state index contributed by atoms with van der Waals surface area (Å²) in [7, 11) is 0. The molecule has 3 fully saturated rings. The highest BCUT2D eigenvalue weighted by molar-refractivity contribution is 5.99. The number of carbonyl (C=O) groups is 4. The third kappa shape index (κ3) is 7.64. The predicted octanol–water partition coefficient (Wildman–Crippen LogP) is 4.75. The van der Waals surface area contributed by atoms with E-state index in [1.807, 2.05) is 72.8 Å². The van der Waals surface area contributed by atoms with Crippen molar-refractivity contribution in [2.45, 2.75) is 100 Å². The van der Waals surface area contributed by atoms with E-state index >= 15 is 0 Å². The van der Waals surface area contributed by atoms with Crippen molar-refractivity contribution in [3.63, 3.8) is 0 Å². The van der Waals surface area contributed by atoms with Crippen LogP contribution in [0, 0.1) is 17.4 Å². The first-order valence-electron chi connectivity index (χ1n) is 19.0. The molecule has 2 aliphatic carbocycles. The lowest BCUT2D eigenvalue weighted by atomic mass is 9.97. The summed E-state index contributed by atoms with van der Waals surface area (Å²) in [6.45, 7) is -0.0423. The van der Waals surface area contributed by atoms with E-state index in [0.29, 0.717) is 36.0 Å². The van der Waals surface area contributed by atoms with Crippen LogP contribution in [0.5, 0.6) is 0 Å². The fourth-order valence-electron chi connectivity index (χ4n) is 8.22. The van der Waals surface area contributed by atoms with Gasteiger partial charge in [-0.1, -0.05) is 85.7 Å². The fraction of sp³-hybridized carbons (Fsp3) is 0.439. The van der Waals surface area contributed by atoms with Crippen molar-refractivity contribution in [3.8, 4) is 28.4 Å². The second-order valence-corrected chi connectivity index (χ2v) is 14.7. The van der Waals surface area contributed by atoms with Gasteiger partial charge in [-0.3, -0.25) is 24.5 Å². The average molecular weight is 732 g/mol. The number of carbonyl (C=O) groups excluding carboxylic acids is 4. The molecule has 3 heterocycles. The van der Waals surface area contributed by atoms with Gasteiger partial charge in [-0.2, -0.15) is 10.4 Å². The Bertz CT molecular complexity index is 2010. The van der Waals surface area contributed by atoms with Gasteiger partial charge in [-0.25, -0.2) is 9.48 Å². The number of benzene rings is 2. The van der Waals surface area contributed by atoms with Gasteiger partial charge in [0.1, 0.15) is 23.7 Å². The summed E-state index contributed by atoms with van der Waals surface area (Å²) in [5.74, 6) is -2.02. The normalized spacial score (nSPS) is 26.5. The van der Waals surface area contributed by atoms with Crippen molar-refractivity contribution in [2.75, 3.05) is 6.54 Å². The molecule has 3 N–H and O–H groups in total. The van der Waals surface area contributed by atoms with Crippen LogP contribution in [0.15, 0.2) is 83.8 Å². The summed E-state index contributed by atoms with van der Waals surface area (Å²) in [4.78, 5) is 71.3. The van der Waals surface area contributed by atoms with Crippen LogP contribution in [0.3, 0.4) is 0 Å². The minimum atomic E-state index is -1.36. The second-order valence-electron chi connectivity index (χ2n) is 14.7. The molecule has 4 aliphatic rings. The van der Waals surface area contributed by atoms with E-state index in [-0.39, 0.29) is 30.5 Å². The van der Waals surface area contributed by atoms with Crippen LogP contribution in [0.25, 0.3) is 22.3 Å². The topological polar surface area (TPSA) is 176 Å². The zero-order valence-electron chi connectivity index (χ0n) is 30.1. The van der Waals surface area contributed by atoms with Crippen molar-refractivity contribution < 1.29 is 23.9 Å². The maximum atomic E-state index is 14.6. The molecule has 5 atom stereocenters. The number of aromatic nitrogens is 2. The molecule has 7 rings (SSSR count). The van der Waals surface area contributed by atoms with E-state index < -0.39 is 47.5 Å². The van der Waals surface area contributed by atoms with Crippen molar-refractivity contribution in [1.29, 1.82) is 5.26 Å². The Morgan fingerprint density at radius 1 is 0.926 bits per heavy atom. The first-order valence-corrected chi connectivity index (χ1v) is 19.0. The number of alkyl carbamates (subject to hydrolysis) is 1. The molecule has 0 bridgehead atoms. The Morgan fingerprint density at radius 3 is 2.35 bits per heavy atom. The summed E-state index contributed by atoms with van der Waals surface area (Å²) >= 11 is 0. The van der Waals surface area contributed by atoms with Crippen molar-refractivity contribution in [2.24, 2.45) is 5.92 Å². The molecule has 0 radical (unpaired) electrons. The molecule has 2 saturated carbocycles. The third-order valence-corrected chi connectivity index (χ3v) is 11.2. The lowest BCUT2D eigenvalue weighted by molar-refractivity contribution is -0.141. The van der Waals surface area contributed by atoms with Crippen molar-refractivity contribution in [1.82, 2.24) is 30.6 Å². The van der Waals surface area contributed by atoms with Crippen molar-refractivity contribution in [3.05, 3.63) is 89.4 Å². The first kappa shape index (κ1) is 36.6. The number of rotatable bonds is 6. The van der Waals surface area contributed by atoms with E-state index in [2.05, 4.69) is 21.0 Å². The van der Waals surface area contributed by atoms with Crippen LogP contribution in [0.4, 0.5) is 4.79 Å². The van der Waals surface area contributed by atoms with Gasteiger partial charge in [0.05, 0.1) is 17.8 Å². The van der Waals surface area contributed by atoms with Crippen molar-refractivity contribution >= 4 is 23.8 Å². The highest BCUT2D eigenvalue weighted by Gasteiger charge is 2.61. The van der Waals surface area contributed by atoms with Gasteiger partial charge in [-0.05, 0) is 62.5 Å². The van der Waals surface area contributed by atoms with Gasteiger partial charge in [0.15, 0.2) is 6.19 Å². The Morgan fingerprint density at radius 2 is 1.63 bits per heavy atom. The Hall–Kier alpha value is -5.77. The number of nitriles is 1. The number of hydrogen-bond acceptors (Lipinski definition) is 8.